The van der Waals surface area contributed by atoms with Crippen LogP contribution in [-0.2, 0) is 6.54 Å². The summed E-state index contributed by atoms with van der Waals surface area (Å²) in [6.07, 6.45) is 1.05. The Morgan fingerprint density at radius 2 is 1.94 bits per heavy atom. The second-order valence-electron chi connectivity index (χ2n) is 4.17. The maximum absolute atomic E-state index is 4.57. The molecule has 0 fully saturated rings. The van der Waals surface area contributed by atoms with Crippen molar-refractivity contribution in [3.63, 3.8) is 0 Å². The third-order valence-electron chi connectivity index (χ3n) is 2.97. The molecule has 1 atom stereocenters. The van der Waals surface area contributed by atoms with Crippen LogP contribution in [0.25, 0.3) is 0 Å². The van der Waals surface area contributed by atoms with Crippen molar-refractivity contribution >= 4 is 35.5 Å². The number of hydrogen-bond acceptors (Lipinski definition) is 4. The lowest BCUT2D eigenvalue weighted by molar-refractivity contribution is 0.423. The first-order chi connectivity index (χ1) is 8.70. The second-order valence-corrected chi connectivity index (χ2v) is 7.32. The summed E-state index contributed by atoms with van der Waals surface area (Å²) >= 11 is 0. The van der Waals surface area contributed by atoms with E-state index in [0.717, 1.165) is 26.1 Å². The predicted octanol–water partition coefficient (Wildman–Crippen LogP) is 2.74. The standard InChI is InChI=1S/C12H18N4P2/c1-13-18(14-2)15-8-3-9-16(18)10-11-4-6-12(17)7-5-11/h4-7H,1-3,8-10,17H2. The van der Waals surface area contributed by atoms with Gasteiger partial charge in [0.15, 0.2) is 0 Å². The van der Waals surface area contributed by atoms with E-state index in [2.05, 4.69) is 65.9 Å². The van der Waals surface area contributed by atoms with Gasteiger partial charge in [-0.15, -0.1) is 9.24 Å². The Bertz CT molecular complexity index is 483. The van der Waals surface area contributed by atoms with Crippen LogP contribution in [0.2, 0.25) is 0 Å². The molecular formula is C12H18N4P2. The molecule has 1 heterocycles. The van der Waals surface area contributed by atoms with Gasteiger partial charge in [0.2, 0.25) is 0 Å². The number of benzene rings is 1. The van der Waals surface area contributed by atoms with Crippen LogP contribution in [0.1, 0.15) is 12.0 Å². The van der Waals surface area contributed by atoms with Gasteiger partial charge in [0, 0.05) is 19.6 Å². The van der Waals surface area contributed by atoms with Crippen molar-refractivity contribution in [2.75, 3.05) is 13.1 Å². The minimum Gasteiger partial charge on any atom is -0.249 e. The molecule has 2 rings (SSSR count). The van der Waals surface area contributed by atoms with Crippen LogP contribution in [0.15, 0.2) is 38.5 Å². The van der Waals surface area contributed by atoms with E-state index >= 15 is 0 Å². The van der Waals surface area contributed by atoms with Crippen molar-refractivity contribution in [1.29, 1.82) is 0 Å². The quantitative estimate of drug-likeness (QED) is 0.617. The number of nitrogens with zero attached hydrogens (tertiary/aromatic N) is 4. The Morgan fingerprint density at radius 1 is 1.28 bits per heavy atom. The second kappa shape index (κ2) is 5.88. The van der Waals surface area contributed by atoms with Crippen LogP contribution in [-0.4, -0.2) is 31.2 Å². The average Bonchev–Trinajstić information content (AvgIpc) is 2.42. The minimum absolute atomic E-state index is 0.806. The van der Waals surface area contributed by atoms with Crippen LogP contribution >= 0.6 is 16.7 Å². The van der Waals surface area contributed by atoms with Crippen molar-refractivity contribution in [3.8, 4) is 0 Å². The summed E-state index contributed by atoms with van der Waals surface area (Å²) in [5, 5.41) is 1.19. The van der Waals surface area contributed by atoms with E-state index < -0.39 is 7.51 Å². The first-order valence-electron chi connectivity index (χ1n) is 5.84. The Kier molecular flexibility index (Phi) is 4.45. The topological polar surface area (TPSA) is 40.3 Å². The maximum Gasteiger partial charge on any atom is 0.254 e. The highest BCUT2D eigenvalue weighted by Gasteiger charge is 2.27. The van der Waals surface area contributed by atoms with E-state index in [-0.39, 0.29) is 0 Å². The van der Waals surface area contributed by atoms with Gasteiger partial charge in [0.1, 0.15) is 0 Å². The Morgan fingerprint density at radius 3 is 2.56 bits per heavy atom. The van der Waals surface area contributed by atoms with Crippen molar-refractivity contribution < 1.29 is 0 Å². The van der Waals surface area contributed by atoms with Gasteiger partial charge < -0.3 is 0 Å². The van der Waals surface area contributed by atoms with Gasteiger partial charge >= 0.3 is 0 Å². The fraction of sp³-hybridized carbons (Fsp3) is 0.333. The molecule has 0 N–H and O–H groups in total. The minimum atomic E-state index is -2.16. The van der Waals surface area contributed by atoms with Crippen molar-refractivity contribution in [2.45, 2.75) is 13.0 Å². The smallest absolute Gasteiger partial charge is 0.249 e. The summed E-state index contributed by atoms with van der Waals surface area (Å²) in [5.41, 5.74) is 1.25. The van der Waals surface area contributed by atoms with Crippen LogP contribution in [0.3, 0.4) is 0 Å². The van der Waals surface area contributed by atoms with Gasteiger partial charge in [-0.05, 0) is 30.7 Å². The Hall–Kier alpha value is -0.820. The Labute approximate surface area is 111 Å². The first-order valence-corrected chi connectivity index (χ1v) is 8.02. The van der Waals surface area contributed by atoms with Gasteiger partial charge in [-0.3, -0.25) is 0 Å². The summed E-state index contributed by atoms with van der Waals surface area (Å²) in [4.78, 5) is 0. The zero-order valence-electron chi connectivity index (χ0n) is 10.4. The third-order valence-corrected chi connectivity index (χ3v) is 5.79. The van der Waals surface area contributed by atoms with E-state index in [1.54, 1.807) is 0 Å². The summed E-state index contributed by atoms with van der Waals surface area (Å²) in [5.74, 6) is 0. The molecule has 0 bridgehead atoms. The van der Waals surface area contributed by atoms with Gasteiger partial charge in [-0.1, -0.05) is 24.3 Å². The molecule has 4 nitrogen and oxygen atoms in total. The molecule has 0 spiro atoms. The van der Waals surface area contributed by atoms with Gasteiger partial charge in [-0.2, -0.15) is 0 Å². The molecule has 1 aromatic carbocycles. The normalized spacial score (nSPS) is 18.9. The monoisotopic (exact) mass is 280 g/mol. The molecule has 1 unspecified atom stereocenters. The first kappa shape index (κ1) is 13.6. The fourth-order valence-electron chi connectivity index (χ4n) is 2.00. The molecule has 0 radical (unpaired) electrons. The van der Waals surface area contributed by atoms with E-state index in [9.17, 15) is 0 Å². The number of hydrogen-bond donors (Lipinski definition) is 0. The maximum atomic E-state index is 4.57. The molecule has 0 saturated carbocycles. The lowest BCUT2D eigenvalue weighted by Crippen LogP contribution is -2.24. The molecule has 0 saturated heterocycles. The highest BCUT2D eigenvalue weighted by Crippen LogP contribution is 2.57. The molecular weight excluding hydrogens is 262 g/mol. The fourth-order valence-corrected chi connectivity index (χ4v) is 4.17. The zero-order chi connectivity index (χ0) is 13.0. The van der Waals surface area contributed by atoms with Crippen molar-refractivity contribution in [1.82, 2.24) is 4.67 Å². The van der Waals surface area contributed by atoms with Crippen molar-refractivity contribution in [2.24, 2.45) is 14.3 Å². The molecule has 96 valence electrons. The van der Waals surface area contributed by atoms with Crippen molar-refractivity contribution in [3.05, 3.63) is 29.8 Å². The molecule has 1 aliphatic rings. The lowest BCUT2D eigenvalue weighted by atomic mass is 10.2. The molecule has 0 aromatic heterocycles. The van der Waals surface area contributed by atoms with Crippen LogP contribution in [0.4, 0.5) is 0 Å². The molecule has 18 heavy (non-hydrogen) atoms. The van der Waals surface area contributed by atoms with Gasteiger partial charge in [0.25, 0.3) is 7.51 Å². The SMILES string of the molecule is C=NP1(N=C)=NCCCN1Cc1ccc(P)cc1. The van der Waals surface area contributed by atoms with Gasteiger partial charge in [-0.25, -0.2) is 18.9 Å². The molecule has 6 heteroatoms. The van der Waals surface area contributed by atoms with Gasteiger partial charge in [0.05, 0.1) is 0 Å². The number of rotatable bonds is 4. The lowest BCUT2D eigenvalue weighted by Gasteiger charge is -2.32. The molecule has 1 aliphatic heterocycles. The van der Waals surface area contributed by atoms with Crippen LogP contribution < -0.4 is 5.30 Å². The highest BCUT2D eigenvalue weighted by molar-refractivity contribution is 7.61. The zero-order valence-corrected chi connectivity index (χ0v) is 12.4. The van der Waals surface area contributed by atoms with E-state index in [0.29, 0.717) is 0 Å². The summed E-state index contributed by atoms with van der Waals surface area (Å²) in [6.45, 7) is 9.89. The van der Waals surface area contributed by atoms with E-state index in [1.807, 2.05) is 0 Å². The summed E-state index contributed by atoms with van der Waals surface area (Å²) in [6, 6.07) is 8.42. The third kappa shape index (κ3) is 2.77. The largest absolute Gasteiger partial charge is 0.254 e. The molecule has 1 aromatic rings. The van der Waals surface area contributed by atoms with E-state index in [1.165, 1.54) is 10.9 Å². The van der Waals surface area contributed by atoms with E-state index in [4.69, 9.17) is 0 Å². The highest BCUT2D eigenvalue weighted by atomic mass is 31.2. The predicted molar refractivity (Wildman–Crippen MR) is 84.1 cm³/mol. The van der Waals surface area contributed by atoms with Crippen LogP contribution in [0, 0.1) is 0 Å². The average molecular weight is 280 g/mol. The van der Waals surface area contributed by atoms with Crippen LogP contribution in [0.5, 0.6) is 0 Å². The molecule has 0 amide bonds. The molecule has 0 aliphatic carbocycles. The summed E-state index contributed by atoms with van der Waals surface area (Å²) < 4.78 is 15.1. The Balaban J connectivity index is 2.24. The summed E-state index contributed by atoms with van der Waals surface area (Å²) in [7, 11) is 0.531.